The molecule has 0 aliphatic carbocycles. The van der Waals surface area contributed by atoms with Crippen LogP contribution in [0.3, 0.4) is 0 Å². The molecule has 0 atom stereocenters. The van der Waals surface area contributed by atoms with E-state index in [2.05, 4.69) is 27.9 Å². The van der Waals surface area contributed by atoms with Crippen molar-refractivity contribution in [1.29, 1.82) is 0 Å². The Labute approximate surface area is 84.5 Å². The van der Waals surface area contributed by atoms with Gasteiger partial charge < -0.3 is 11.1 Å². The Balaban J connectivity index is 2.72. The fraction of sp³-hybridized carbons (Fsp3) is 0.250. The van der Waals surface area contributed by atoms with E-state index in [-0.39, 0.29) is 5.82 Å². The van der Waals surface area contributed by atoms with Gasteiger partial charge in [0, 0.05) is 16.7 Å². The minimum absolute atomic E-state index is 0.227. The van der Waals surface area contributed by atoms with Gasteiger partial charge in [-0.25, -0.2) is 4.39 Å². The van der Waals surface area contributed by atoms with Crippen molar-refractivity contribution in [2.24, 2.45) is 5.73 Å². The maximum Gasteiger partial charge on any atom is 0.147 e. The third kappa shape index (κ3) is 2.60. The van der Waals surface area contributed by atoms with E-state index in [0.717, 1.165) is 3.57 Å². The summed E-state index contributed by atoms with van der Waals surface area (Å²) in [7, 11) is 0. The zero-order valence-corrected chi connectivity index (χ0v) is 8.64. The number of anilines is 1. The fourth-order valence-electron chi connectivity index (χ4n) is 0.840. The van der Waals surface area contributed by atoms with Gasteiger partial charge in [0.05, 0.1) is 5.69 Å². The number of nitrogens with one attached hydrogen (secondary N) is 1. The molecule has 0 saturated carbocycles. The third-order valence-electron chi connectivity index (χ3n) is 1.39. The molecule has 12 heavy (non-hydrogen) atoms. The van der Waals surface area contributed by atoms with Crippen molar-refractivity contribution in [3.8, 4) is 0 Å². The average molecular weight is 280 g/mol. The molecule has 0 unspecified atom stereocenters. The maximum atomic E-state index is 13.1. The molecule has 0 saturated heterocycles. The van der Waals surface area contributed by atoms with Crippen molar-refractivity contribution in [1.82, 2.24) is 0 Å². The van der Waals surface area contributed by atoms with Gasteiger partial charge >= 0.3 is 0 Å². The molecular formula is C8H10FIN2. The Hall–Kier alpha value is -0.360. The van der Waals surface area contributed by atoms with Crippen molar-refractivity contribution in [3.05, 3.63) is 27.6 Å². The van der Waals surface area contributed by atoms with Gasteiger partial charge in [-0.05, 0) is 40.8 Å². The summed E-state index contributed by atoms with van der Waals surface area (Å²) in [6, 6.07) is 5.05. The molecule has 0 heterocycles. The standard InChI is InChI=1S/C8H10FIN2/c9-7-5-6(10)1-2-8(7)12-4-3-11/h1-2,5,12H,3-4,11H2. The molecule has 3 N–H and O–H groups in total. The van der Waals surface area contributed by atoms with Crippen LogP contribution in [0.4, 0.5) is 10.1 Å². The normalized spacial score (nSPS) is 9.92. The number of benzene rings is 1. The topological polar surface area (TPSA) is 38.0 Å². The van der Waals surface area contributed by atoms with Crippen LogP contribution in [-0.2, 0) is 0 Å². The molecular weight excluding hydrogens is 270 g/mol. The molecule has 1 aromatic rings. The highest BCUT2D eigenvalue weighted by atomic mass is 127. The van der Waals surface area contributed by atoms with Gasteiger partial charge in [-0.15, -0.1) is 0 Å². The van der Waals surface area contributed by atoms with E-state index in [1.54, 1.807) is 6.07 Å². The van der Waals surface area contributed by atoms with Gasteiger partial charge in [0.25, 0.3) is 0 Å². The number of hydrogen-bond donors (Lipinski definition) is 2. The summed E-state index contributed by atoms with van der Waals surface area (Å²) in [6.07, 6.45) is 0. The lowest BCUT2D eigenvalue weighted by Gasteiger charge is -2.05. The average Bonchev–Trinajstić information content (AvgIpc) is 2.03. The highest BCUT2D eigenvalue weighted by Gasteiger charge is 1.99. The number of halogens is 2. The zero-order valence-electron chi connectivity index (χ0n) is 6.48. The van der Waals surface area contributed by atoms with Crippen molar-refractivity contribution >= 4 is 28.3 Å². The summed E-state index contributed by atoms with van der Waals surface area (Å²) < 4.78 is 14.0. The van der Waals surface area contributed by atoms with Crippen LogP contribution in [0.2, 0.25) is 0 Å². The summed E-state index contributed by atoms with van der Waals surface area (Å²) in [4.78, 5) is 0. The van der Waals surface area contributed by atoms with Crippen molar-refractivity contribution in [2.75, 3.05) is 18.4 Å². The molecule has 0 bridgehead atoms. The first-order chi connectivity index (χ1) is 5.74. The van der Waals surface area contributed by atoms with Crippen LogP contribution in [0, 0.1) is 9.39 Å². The van der Waals surface area contributed by atoms with E-state index in [4.69, 9.17) is 5.73 Å². The van der Waals surface area contributed by atoms with Crippen molar-refractivity contribution in [2.45, 2.75) is 0 Å². The second kappa shape index (κ2) is 4.61. The predicted molar refractivity (Wildman–Crippen MR) is 56.7 cm³/mol. The van der Waals surface area contributed by atoms with Crippen LogP contribution in [0.5, 0.6) is 0 Å². The van der Waals surface area contributed by atoms with Crippen LogP contribution in [0.1, 0.15) is 0 Å². The molecule has 1 rings (SSSR count). The quantitative estimate of drug-likeness (QED) is 0.829. The van der Waals surface area contributed by atoms with E-state index < -0.39 is 0 Å². The van der Waals surface area contributed by atoms with Crippen molar-refractivity contribution in [3.63, 3.8) is 0 Å². The Morgan fingerprint density at radius 1 is 1.50 bits per heavy atom. The van der Waals surface area contributed by atoms with Crippen LogP contribution in [0.15, 0.2) is 18.2 Å². The minimum Gasteiger partial charge on any atom is -0.381 e. The first-order valence-corrected chi connectivity index (χ1v) is 4.71. The molecule has 0 aromatic heterocycles. The monoisotopic (exact) mass is 280 g/mol. The third-order valence-corrected chi connectivity index (χ3v) is 2.06. The Kier molecular flexibility index (Phi) is 3.74. The lowest BCUT2D eigenvalue weighted by atomic mass is 10.3. The molecule has 0 aliphatic heterocycles. The second-order valence-electron chi connectivity index (χ2n) is 2.34. The molecule has 1 aromatic carbocycles. The first-order valence-electron chi connectivity index (χ1n) is 3.63. The number of hydrogen-bond acceptors (Lipinski definition) is 2. The van der Waals surface area contributed by atoms with E-state index >= 15 is 0 Å². The summed E-state index contributed by atoms with van der Waals surface area (Å²) in [6.45, 7) is 1.10. The van der Waals surface area contributed by atoms with Gasteiger partial charge in [-0.1, -0.05) is 0 Å². The van der Waals surface area contributed by atoms with Gasteiger partial charge in [-0.2, -0.15) is 0 Å². The van der Waals surface area contributed by atoms with Gasteiger partial charge in [0.2, 0.25) is 0 Å². The Morgan fingerprint density at radius 2 is 2.25 bits per heavy atom. The van der Waals surface area contributed by atoms with Gasteiger partial charge in [0.15, 0.2) is 0 Å². The first kappa shape index (κ1) is 9.73. The highest BCUT2D eigenvalue weighted by Crippen LogP contribution is 2.16. The summed E-state index contributed by atoms with van der Waals surface area (Å²) in [5, 5.41) is 2.89. The lowest BCUT2D eigenvalue weighted by Crippen LogP contribution is -2.13. The SMILES string of the molecule is NCCNc1ccc(I)cc1F. The van der Waals surface area contributed by atoms with Crippen molar-refractivity contribution < 1.29 is 4.39 Å². The number of nitrogens with two attached hydrogens (primary N) is 1. The van der Waals surface area contributed by atoms with Crippen LogP contribution < -0.4 is 11.1 Å². The summed E-state index contributed by atoms with van der Waals surface area (Å²) in [5.41, 5.74) is 5.78. The highest BCUT2D eigenvalue weighted by molar-refractivity contribution is 14.1. The van der Waals surface area contributed by atoms with E-state index in [9.17, 15) is 4.39 Å². The molecule has 0 aliphatic rings. The molecule has 0 radical (unpaired) electrons. The molecule has 2 nitrogen and oxygen atoms in total. The van der Waals surface area contributed by atoms with Gasteiger partial charge in [0.1, 0.15) is 5.82 Å². The van der Waals surface area contributed by atoms with Crippen LogP contribution in [0.25, 0.3) is 0 Å². The molecule has 0 spiro atoms. The van der Waals surface area contributed by atoms with E-state index in [0.29, 0.717) is 18.8 Å². The summed E-state index contributed by atoms with van der Waals surface area (Å²) in [5.74, 6) is -0.227. The largest absolute Gasteiger partial charge is 0.381 e. The predicted octanol–water partition coefficient (Wildman–Crippen LogP) is 1.80. The molecule has 4 heteroatoms. The summed E-state index contributed by atoms with van der Waals surface area (Å²) >= 11 is 2.07. The molecule has 66 valence electrons. The maximum absolute atomic E-state index is 13.1. The van der Waals surface area contributed by atoms with Crippen LogP contribution in [-0.4, -0.2) is 13.1 Å². The van der Waals surface area contributed by atoms with Gasteiger partial charge in [-0.3, -0.25) is 0 Å². The van der Waals surface area contributed by atoms with Crippen LogP contribution >= 0.6 is 22.6 Å². The molecule has 0 amide bonds. The lowest BCUT2D eigenvalue weighted by molar-refractivity contribution is 0.629. The number of rotatable bonds is 3. The fourth-order valence-corrected chi connectivity index (χ4v) is 1.29. The minimum atomic E-state index is -0.227. The van der Waals surface area contributed by atoms with E-state index in [1.165, 1.54) is 6.07 Å². The Morgan fingerprint density at radius 3 is 2.83 bits per heavy atom. The van der Waals surface area contributed by atoms with E-state index in [1.807, 2.05) is 6.07 Å². The molecule has 0 fully saturated rings. The zero-order chi connectivity index (χ0) is 8.97. The second-order valence-corrected chi connectivity index (χ2v) is 3.59. The Bertz CT molecular complexity index is 265. The smallest absolute Gasteiger partial charge is 0.147 e.